The maximum absolute atomic E-state index is 12.5. The molecular weight excluding hydrogens is 336 g/mol. The smallest absolute Gasteiger partial charge is 0.331 e. The third-order valence-electron chi connectivity index (χ3n) is 4.11. The number of aliphatic hydroxyl groups is 2. The molecular formula is C15H12N2O8. The van der Waals surface area contributed by atoms with E-state index in [1.165, 1.54) is 0 Å². The summed E-state index contributed by atoms with van der Waals surface area (Å²) in [6.45, 7) is -1.67. The Labute approximate surface area is 137 Å². The number of ether oxygens (including phenoxy) is 1. The number of fused-ring (bicyclic) bond motifs is 2. The van der Waals surface area contributed by atoms with E-state index in [2.05, 4.69) is 4.74 Å². The van der Waals surface area contributed by atoms with E-state index >= 15 is 0 Å². The van der Waals surface area contributed by atoms with Crippen LogP contribution in [0, 0.1) is 0 Å². The highest BCUT2D eigenvalue weighted by Crippen LogP contribution is 2.16. The van der Waals surface area contributed by atoms with Crippen molar-refractivity contribution in [2.24, 2.45) is 0 Å². The van der Waals surface area contributed by atoms with Crippen LogP contribution in [0.25, 0.3) is 21.5 Å². The van der Waals surface area contributed by atoms with Gasteiger partial charge in [0, 0.05) is 0 Å². The normalized spacial score (nSPS) is 12.8. The largest absolute Gasteiger partial charge is 0.467 e. The van der Waals surface area contributed by atoms with E-state index in [0.29, 0.717) is 9.13 Å². The number of benzene rings is 1. The Morgan fingerprint density at radius 1 is 0.960 bits per heavy atom. The van der Waals surface area contributed by atoms with Gasteiger partial charge in [0.15, 0.2) is 6.04 Å². The van der Waals surface area contributed by atoms with Crippen molar-refractivity contribution < 1.29 is 19.7 Å². The van der Waals surface area contributed by atoms with Crippen LogP contribution < -0.4 is 22.2 Å². The molecule has 2 heterocycles. The fourth-order valence-electron chi connectivity index (χ4n) is 2.85. The van der Waals surface area contributed by atoms with Gasteiger partial charge in [0.2, 0.25) is 0 Å². The highest BCUT2D eigenvalue weighted by molar-refractivity contribution is 5.98. The van der Waals surface area contributed by atoms with Crippen molar-refractivity contribution >= 4 is 27.5 Å². The number of esters is 1. The van der Waals surface area contributed by atoms with Crippen LogP contribution in [0.1, 0.15) is 6.04 Å². The van der Waals surface area contributed by atoms with Gasteiger partial charge in [0.25, 0.3) is 22.2 Å². The summed E-state index contributed by atoms with van der Waals surface area (Å²) in [6, 6.07) is 0.617. The van der Waals surface area contributed by atoms with E-state index in [-0.39, 0.29) is 21.5 Å². The van der Waals surface area contributed by atoms with E-state index in [0.717, 1.165) is 19.2 Å². The Kier molecular flexibility index (Phi) is 3.85. The van der Waals surface area contributed by atoms with Crippen LogP contribution in [0.5, 0.6) is 0 Å². The van der Waals surface area contributed by atoms with Gasteiger partial charge in [0.1, 0.15) is 6.73 Å². The quantitative estimate of drug-likeness (QED) is 0.495. The van der Waals surface area contributed by atoms with Crippen molar-refractivity contribution in [1.29, 1.82) is 0 Å². The number of rotatable bonds is 4. The average Bonchev–Trinajstić information content (AvgIpc) is 2.99. The lowest BCUT2D eigenvalue weighted by Crippen LogP contribution is -2.37. The minimum atomic E-state index is -1.53. The van der Waals surface area contributed by atoms with Crippen LogP contribution >= 0.6 is 0 Å². The van der Waals surface area contributed by atoms with Crippen LogP contribution in [0.2, 0.25) is 0 Å². The fourth-order valence-corrected chi connectivity index (χ4v) is 2.85. The standard InChI is InChI=1S/C15H12N2O8/c1-25-15(24)10(4-18)17-13(22)8-2-6-7(3-9(8)14(17)23)12(21)16(5-19)11(6)20/h2-3,10,18-19H,4-5H2,1H3. The molecule has 0 aliphatic heterocycles. The Bertz CT molecular complexity index is 1130. The fraction of sp³-hybridized carbons (Fsp3) is 0.267. The van der Waals surface area contributed by atoms with E-state index < -0.39 is 47.6 Å². The van der Waals surface area contributed by atoms with Gasteiger partial charge < -0.3 is 14.9 Å². The molecule has 1 atom stereocenters. The van der Waals surface area contributed by atoms with Gasteiger partial charge in [-0.2, -0.15) is 0 Å². The summed E-state index contributed by atoms with van der Waals surface area (Å²) in [5, 5.41) is 17.8. The average molecular weight is 348 g/mol. The number of carbonyl (C=O) groups excluding carboxylic acids is 1. The second-order valence-corrected chi connectivity index (χ2v) is 5.32. The number of aliphatic hydroxyl groups excluding tert-OH is 2. The van der Waals surface area contributed by atoms with Crippen LogP contribution in [0.4, 0.5) is 0 Å². The van der Waals surface area contributed by atoms with Gasteiger partial charge in [-0.15, -0.1) is 0 Å². The first-order valence-electron chi connectivity index (χ1n) is 7.09. The Hall–Kier alpha value is -3.11. The molecule has 0 amide bonds. The second-order valence-electron chi connectivity index (χ2n) is 5.32. The van der Waals surface area contributed by atoms with Crippen molar-refractivity contribution in [2.45, 2.75) is 12.8 Å². The zero-order chi connectivity index (χ0) is 18.5. The molecule has 130 valence electrons. The van der Waals surface area contributed by atoms with E-state index in [1.54, 1.807) is 0 Å². The third-order valence-corrected chi connectivity index (χ3v) is 4.11. The molecule has 10 nitrogen and oxygen atoms in total. The van der Waals surface area contributed by atoms with Gasteiger partial charge in [-0.3, -0.25) is 28.3 Å². The molecule has 0 aliphatic rings. The molecule has 0 spiro atoms. The molecule has 0 saturated carbocycles. The van der Waals surface area contributed by atoms with Crippen molar-refractivity contribution in [3.63, 3.8) is 0 Å². The van der Waals surface area contributed by atoms with Gasteiger partial charge in [-0.05, 0) is 12.1 Å². The SMILES string of the molecule is COC(=O)C(CO)n1c(=O)c2cc3c(=O)n(CO)c(=O)c3cc2c1=O. The lowest BCUT2D eigenvalue weighted by Gasteiger charge is -2.11. The number of aromatic nitrogens is 2. The molecule has 3 aromatic rings. The van der Waals surface area contributed by atoms with Crippen LogP contribution in [0.3, 0.4) is 0 Å². The molecule has 1 aromatic carbocycles. The summed E-state index contributed by atoms with van der Waals surface area (Å²) >= 11 is 0. The van der Waals surface area contributed by atoms with Crippen LogP contribution in [-0.4, -0.2) is 39.0 Å². The van der Waals surface area contributed by atoms with E-state index in [4.69, 9.17) is 5.11 Å². The molecule has 2 aromatic heterocycles. The predicted molar refractivity (Wildman–Crippen MR) is 85.2 cm³/mol. The summed E-state index contributed by atoms with van der Waals surface area (Å²) in [5.74, 6) is -0.983. The Morgan fingerprint density at radius 2 is 1.40 bits per heavy atom. The van der Waals surface area contributed by atoms with Crippen LogP contribution in [0.15, 0.2) is 31.3 Å². The number of hydrogen-bond donors (Lipinski definition) is 2. The molecule has 0 fully saturated rings. The summed E-state index contributed by atoms with van der Waals surface area (Å²) in [4.78, 5) is 60.8. The van der Waals surface area contributed by atoms with E-state index in [1.807, 2.05) is 0 Å². The molecule has 0 radical (unpaired) electrons. The number of nitrogens with zero attached hydrogens (tertiary/aromatic N) is 2. The van der Waals surface area contributed by atoms with Gasteiger partial charge in [-0.1, -0.05) is 0 Å². The summed E-state index contributed by atoms with van der Waals surface area (Å²) in [5.41, 5.74) is -3.38. The van der Waals surface area contributed by atoms with Crippen molar-refractivity contribution in [3.05, 3.63) is 53.5 Å². The lowest BCUT2D eigenvalue weighted by atomic mass is 10.1. The molecule has 3 rings (SSSR count). The maximum Gasteiger partial charge on any atom is 0.331 e. The van der Waals surface area contributed by atoms with Gasteiger partial charge in [-0.25, -0.2) is 4.79 Å². The lowest BCUT2D eigenvalue weighted by molar-refractivity contribution is -0.146. The zero-order valence-electron chi connectivity index (χ0n) is 12.9. The second kappa shape index (κ2) is 5.76. The first kappa shape index (κ1) is 16.7. The van der Waals surface area contributed by atoms with Crippen molar-refractivity contribution in [1.82, 2.24) is 9.13 Å². The molecule has 2 N–H and O–H groups in total. The molecule has 10 heteroatoms. The maximum atomic E-state index is 12.5. The number of methoxy groups -OCH3 is 1. The van der Waals surface area contributed by atoms with Crippen LogP contribution in [-0.2, 0) is 16.3 Å². The number of carbonyl (C=O) groups is 1. The summed E-state index contributed by atoms with van der Waals surface area (Å²) in [7, 11) is 1.04. The summed E-state index contributed by atoms with van der Waals surface area (Å²) in [6.07, 6.45) is 0. The highest BCUT2D eigenvalue weighted by Gasteiger charge is 2.27. The third kappa shape index (κ3) is 2.15. The molecule has 0 bridgehead atoms. The molecule has 0 aliphatic carbocycles. The molecule has 1 unspecified atom stereocenters. The Balaban J connectivity index is 2.45. The molecule has 0 saturated heterocycles. The highest BCUT2D eigenvalue weighted by atomic mass is 16.5. The predicted octanol–water partition coefficient (Wildman–Crippen LogP) is -2.43. The monoisotopic (exact) mass is 348 g/mol. The van der Waals surface area contributed by atoms with E-state index in [9.17, 15) is 29.1 Å². The first-order valence-corrected chi connectivity index (χ1v) is 7.09. The van der Waals surface area contributed by atoms with Crippen molar-refractivity contribution in [3.8, 4) is 0 Å². The van der Waals surface area contributed by atoms with Gasteiger partial charge in [0.05, 0.1) is 35.3 Å². The Morgan fingerprint density at radius 3 is 1.76 bits per heavy atom. The van der Waals surface area contributed by atoms with Gasteiger partial charge >= 0.3 is 5.97 Å². The zero-order valence-corrected chi connectivity index (χ0v) is 12.9. The first-order chi connectivity index (χ1) is 11.9. The molecule has 25 heavy (non-hydrogen) atoms. The minimum Gasteiger partial charge on any atom is -0.467 e. The topological polar surface area (TPSA) is 145 Å². The minimum absolute atomic E-state index is 0.126. The summed E-state index contributed by atoms with van der Waals surface area (Å²) < 4.78 is 5.57. The number of hydrogen-bond acceptors (Lipinski definition) is 8. The van der Waals surface area contributed by atoms with Crippen molar-refractivity contribution in [2.75, 3.05) is 13.7 Å².